The van der Waals surface area contributed by atoms with Gasteiger partial charge in [-0.05, 0) is 30.8 Å². The van der Waals surface area contributed by atoms with E-state index in [9.17, 15) is 4.79 Å². The summed E-state index contributed by atoms with van der Waals surface area (Å²) in [6.07, 6.45) is -0.0351. The van der Waals surface area contributed by atoms with Gasteiger partial charge < -0.3 is 14.5 Å². The molecule has 0 unspecified atom stereocenters. The molecule has 1 fully saturated rings. The maximum atomic E-state index is 12.7. The molecule has 0 radical (unpaired) electrons. The first-order chi connectivity index (χ1) is 12.1. The lowest BCUT2D eigenvalue weighted by Gasteiger charge is -2.31. The Labute approximate surface area is 155 Å². The highest BCUT2D eigenvalue weighted by atomic mass is 79.9. The number of nitrogens with zero attached hydrogens (tertiary/aromatic N) is 4. The summed E-state index contributed by atoms with van der Waals surface area (Å²) in [5, 5.41) is 4.56. The number of carbonyl (C=O) groups excluding carboxylic acids is 1. The van der Waals surface area contributed by atoms with Crippen molar-refractivity contribution in [1.82, 2.24) is 19.6 Å². The van der Waals surface area contributed by atoms with E-state index in [1.165, 1.54) is 0 Å². The topological polar surface area (TPSA) is 50.6 Å². The Morgan fingerprint density at radius 1 is 1.20 bits per heavy atom. The van der Waals surface area contributed by atoms with Gasteiger partial charge in [0.05, 0.1) is 18.8 Å². The number of piperazine rings is 1. The monoisotopic (exact) mass is 404 g/mol. The molecular weight excluding hydrogens is 384 g/mol. The van der Waals surface area contributed by atoms with Crippen molar-refractivity contribution >= 4 is 21.8 Å². The molecule has 132 valence electrons. The zero-order valence-corrected chi connectivity index (χ0v) is 15.8. The van der Waals surface area contributed by atoms with Crippen molar-refractivity contribution in [1.29, 1.82) is 0 Å². The molecule has 3 heterocycles. The predicted octanol–water partition coefficient (Wildman–Crippen LogP) is 2.30. The van der Waals surface area contributed by atoms with Crippen LogP contribution in [0.25, 0.3) is 0 Å². The van der Waals surface area contributed by atoms with Gasteiger partial charge in [-0.15, -0.1) is 0 Å². The maximum Gasteiger partial charge on any atom is 0.274 e. The van der Waals surface area contributed by atoms with Crippen LogP contribution in [-0.4, -0.2) is 58.7 Å². The third-order valence-corrected chi connectivity index (χ3v) is 5.41. The van der Waals surface area contributed by atoms with E-state index < -0.39 is 0 Å². The second kappa shape index (κ2) is 6.90. The zero-order chi connectivity index (χ0) is 17.4. The molecular formula is C18H21BrN4O2. The number of likely N-dealkylation sites (N-methyl/N-ethyl adjacent to an activating group) is 1. The third-order valence-electron chi connectivity index (χ3n) is 4.89. The molecule has 7 heteroatoms. The smallest absolute Gasteiger partial charge is 0.274 e. The Hall–Kier alpha value is -1.70. The van der Waals surface area contributed by atoms with Crippen molar-refractivity contribution in [2.24, 2.45) is 0 Å². The molecule has 2 aliphatic rings. The summed E-state index contributed by atoms with van der Waals surface area (Å²) in [4.78, 5) is 16.8. The molecule has 6 nitrogen and oxygen atoms in total. The summed E-state index contributed by atoms with van der Waals surface area (Å²) in [7, 11) is 2.08. The molecule has 1 saturated heterocycles. The number of ether oxygens (including phenoxy) is 1. The summed E-state index contributed by atoms with van der Waals surface area (Å²) in [5.74, 6) is 0.0233. The van der Waals surface area contributed by atoms with E-state index in [4.69, 9.17) is 4.74 Å². The third kappa shape index (κ3) is 3.49. The molecule has 1 atom stereocenters. The van der Waals surface area contributed by atoms with E-state index in [1.807, 2.05) is 27.8 Å². The lowest BCUT2D eigenvalue weighted by molar-refractivity contribution is -0.00123. The molecule has 25 heavy (non-hydrogen) atoms. The molecule has 4 rings (SSSR count). The maximum absolute atomic E-state index is 12.7. The Morgan fingerprint density at radius 3 is 2.64 bits per heavy atom. The molecule has 2 aromatic rings. The van der Waals surface area contributed by atoms with Crippen LogP contribution in [0.3, 0.4) is 0 Å². The standard InChI is InChI=1S/C18H21BrN4O2/c1-21-6-8-22(9-7-21)18(24)16-10-15-12-25-17(11-23(15)20-16)13-2-4-14(19)5-3-13/h2-5,10,17H,6-9,11-12H2,1H3/t17-/m0/s1. The Kier molecular flexibility index (Phi) is 4.62. The molecule has 0 saturated carbocycles. The lowest BCUT2D eigenvalue weighted by Crippen LogP contribution is -2.47. The van der Waals surface area contributed by atoms with Gasteiger partial charge in [0.2, 0.25) is 0 Å². The molecule has 0 aliphatic carbocycles. The van der Waals surface area contributed by atoms with Gasteiger partial charge in [0.15, 0.2) is 5.69 Å². The molecule has 0 N–H and O–H groups in total. The van der Waals surface area contributed by atoms with E-state index in [1.54, 1.807) is 0 Å². The first kappa shape index (κ1) is 16.8. The highest BCUT2D eigenvalue weighted by Crippen LogP contribution is 2.27. The number of rotatable bonds is 2. The zero-order valence-electron chi connectivity index (χ0n) is 14.2. The van der Waals surface area contributed by atoms with Crippen LogP contribution in [0.15, 0.2) is 34.8 Å². The van der Waals surface area contributed by atoms with Crippen molar-refractivity contribution in [3.8, 4) is 0 Å². The molecule has 1 aromatic heterocycles. The van der Waals surface area contributed by atoms with Crippen LogP contribution in [0.2, 0.25) is 0 Å². The summed E-state index contributed by atoms with van der Waals surface area (Å²) in [5.41, 5.74) is 2.61. The number of aromatic nitrogens is 2. The number of halogens is 1. The van der Waals surface area contributed by atoms with Crippen molar-refractivity contribution in [3.63, 3.8) is 0 Å². The van der Waals surface area contributed by atoms with Gasteiger partial charge >= 0.3 is 0 Å². The van der Waals surface area contributed by atoms with Crippen molar-refractivity contribution in [2.45, 2.75) is 19.3 Å². The van der Waals surface area contributed by atoms with Crippen molar-refractivity contribution < 1.29 is 9.53 Å². The van der Waals surface area contributed by atoms with Crippen LogP contribution in [0.1, 0.15) is 27.8 Å². The Balaban J connectivity index is 1.48. The highest BCUT2D eigenvalue weighted by molar-refractivity contribution is 9.10. The van der Waals surface area contributed by atoms with Gasteiger partial charge in [-0.1, -0.05) is 28.1 Å². The number of carbonyl (C=O) groups is 1. The number of fused-ring (bicyclic) bond motifs is 1. The molecule has 0 spiro atoms. The van der Waals surface area contributed by atoms with Crippen LogP contribution < -0.4 is 0 Å². The van der Waals surface area contributed by atoms with Crippen LogP contribution in [0, 0.1) is 0 Å². The van der Waals surface area contributed by atoms with Gasteiger partial charge in [-0.3, -0.25) is 9.48 Å². The van der Waals surface area contributed by atoms with Crippen molar-refractivity contribution in [2.75, 3.05) is 33.2 Å². The number of hydrogen-bond donors (Lipinski definition) is 0. The largest absolute Gasteiger partial charge is 0.365 e. The van der Waals surface area contributed by atoms with Crippen LogP contribution in [-0.2, 0) is 17.9 Å². The summed E-state index contributed by atoms with van der Waals surface area (Å²) in [6.45, 7) is 4.45. The van der Waals surface area contributed by atoms with E-state index in [2.05, 4.69) is 45.1 Å². The quantitative estimate of drug-likeness (QED) is 0.770. The summed E-state index contributed by atoms with van der Waals surface area (Å²) >= 11 is 3.45. The molecule has 2 aliphatic heterocycles. The van der Waals surface area contributed by atoms with Gasteiger partial charge in [-0.2, -0.15) is 5.10 Å². The molecule has 1 amide bonds. The van der Waals surface area contributed by atoms with Crippen LogP contribution in [0.4, 0.5) is 0 Å². The average Bonchev–Trinajstić information content (AvgIpc) is 3.05. The van der Waals surface area contributed by atoms with E-state index in [0.29, 0.717) is 18.8 Å². The number of amides is 1. The van der Waals surface area contributed by atoms with E-state index >= 15 is 0 Å². The minimum Gasteiger partial charge on any atom is -0.365 e. The van der Waals surface area contributed by atoms with Gasteiger partial charge in [0.1, 0.15) is 6.10 Å². The minimum atomic E-state index is -0.0351. The normalized spacial score (nSPS) is 21.2. The van der Waals surface area contributed by atoms with E-state index in [0.717, 1.165) is 41.9 Å². The van der Waals surface area contributed by atoms with Crippen LogP contribution in [0.5, 0.6) is 0 Å². The number of hydrogen-bond acceptors (Lipinski definition) is 4. The fourth-order valence-corrected chi connectivity index (χ4v) is 3.54. The fourth-order valence-electron chi connectivity index (χ4n) is 3.28. The summed E-state index contributed by atoms with van der Waals surface area (Å²) < 4.78 is 8.94. The van der Waals surface area contributed by atoms with E-state index in [-0.39, 0.29) is 12.0 Å². The van der Waals surface area contributed by atoms with Crippen LogP contribution >= 0.6 is 15.9 Å². The first-order valence-corrected chi connectivity index (χ1v) is 9.31. The second-order valence-corrected chi connectivity index (χ2v) is 7.57. The minimum absolute atomic E-state index is 0.0233. The van der Waals surface area contributed by atoms with Crippen molar-refractivity contribution in [3.05, 3.63) is 51.8 Å². The number of benzene rings is 1. The predicted molar refractivity (Wildman–Crippen MR) is 97.3 cm³/mol. The summed E-state index contributed by atoms with van der Waals surface area (Å²) in [6, 6.07) is 10.0. The highest BCUT2D eigenvalue weighted by Gasteiger charge is 2.27. The van der Waals surface area contributed by atoms with Gasteiger partial charge in [0.25, 0.3) is 5.91 Å². The fraction of sp³-hybridized carbons (Fsp3) is 0.444. The van der Waals surface area contributed by atoms with Gasteiger partial charge in [0, 0.05) is 30.7 Å². The van der Waals surface area contributed by atoms with Gasteiger partial charge in [-0.25, -0.2) is 0 Å². The molecule has 1 aromatic carbocycles. The average molecular weight is 405 g/mol. The SMILES string of the molecule is CN1CCN(C(=O)c2cc3n(n2)C[C@@H](c2ccc(Br)cc2)OC3)CC1. The molecule has 0 bridgehead atoms. The second-order valence-electron chi connectivity index (χ2n) is 6.65. The first-order valence-electron chi connectivity index (χ1n) is 8.52. The Morgan fingerprint density at radius 2 is 1.92 bits per heavy atom. The Bertz CT molecular complexity index is 766. The lowest BCUT2D eigenvalue weighted by atomic mass is 10.1.